The smallest absolute Gasteiger partial charge is 0.392 e. The Bertz CT molecular complexity index is 736. The zero-order chi connectivity index (χ0) is 18.6. The van der Waals surface area contributed by atoms with Crippen molar-refractivity contribution in [3.05, 3.63) is 42.7 Å². The molecule has 1 heterocycles. The largest absolute Gasteiger partial charge is 0.424 e. The quantitative estimate of drug-likeness (QED) is 0.862. The standard InChI is InChI=1S/C18H18F3N3O2/c19-18(20,21)15-5-2-1-4-14(15)16(25)24-12-6-8-13(9-7-12)26-17-22-10-3-11-23-17/h3,6-11,14-15H,1-2,4-5H2,(H,24,25)/t14-,15-/m1/s1. The van der Waals surface area contributed by atoms with Gasteiger partial charge in [0.25, 0.3) is 0 Å². The molecule has 1 aliphatic carbocycles. The lowest BCUT2D eigenvalue weighted by atomic mass is 9.78. The maximum absolute atomic E-state index is 13.1. The van der Waals surface area contributed by atoms with Gasteiger partial charge in [0.1, 0.15) is 5.75 Å². The zero-order valence-electron chi connectivity index (χ0n) is 13.9. The predicted molar refractivity (Wildman–Crippen MR) is 88.7 cm³/mol. The van der Waals surface area contributed by atoms with Crippen molar-refractivity contribution < 1.29 is 22.7 Å². The number of anilines is 1. The van der Waals surface area contributed by atoms with Gasteiger partial charge < -0.3 is 10.1 Å². The summed E-state index contributed by atoms with van der Waals surface area (Å²) >= 11 is 0. The Morgan fingerprint density at radius 3 is 2.38 bits per heavy atom. The molecule has 1 fully saturated rings. The molecule has 0 saturated heterocycles. The van der Waals surface area contributed by atoms with E-state index in [4.69, 9.17) is 4.74 Å². The summed E-state index contributed by atoms with van der Waals surface area (Å²) in [7, 11) is 0. The number of carbonyl (C=O) groups excluding carboxylic acids is 1. The van der Waals surface area contributed by atoms with E-state index >= 15 is 0 Å². The Kier molecular flexibility index (Phi) is 5.39. The first-order valence-corrected chi connectivity index (χ1v) is 8.36. The molecule has 2 aromatic rings. The van der Waals surface area contributed by atoms with Crippen LogP contribution in [-0.4, -0.2) is 22.1 Å². The summed E-state index contributed by atoms with van der Waals surface area (Å²) in [6.07, 6.45) is 0.121. The molecule has 1 aliphatic rings. The van der Waals surface area contributed by atoms with Crippen LogP contribution in [0.5, 0.6) is 11.8 Å². The Morgan fingerprint density at radius 1 is 1.08 bits per heavy atom. The van der Waals surface area contributed by atoms with Crippen molar-refractivity contribution in [3.63, 3.8) is 0 Å². The summed E-state index contributed by atoms with van der Waals surface area (Å²) in [5.41, 5.74) is 0.419. The minimum absolute atomic E-state index is 0.00540. The maximum Gasteiger partial charge on any atom is 0.392 e. The summed E-state index contributed by atoms with van der Waals surface area (Å²) in [5.74, 6) is -2.75. The van der Waals surface area contributed by atoms with Gasteiger partial charge in [-0.05, 0) is 43.2 Å². The molecule has 1 N–H and O–H groups in total. The van der Waals surface area contributed by atoms with Gasteiger partial charge in [-0.1, -0.05) is 12.8 Å². The number of alkyl halides is 3. The van der Waals surface area contributed by atoms with E-state index in [2.05, 4.69) is 15.3 Å². The maximum atomic E-state index is 13.1. The second-order valence-corrected chi connectivity index (χ2v) is 6.19. The number of amides is 1. The van der Waals surface area contributed by atoms with E-state index in [-0.39, 0.29) is 18.9 Å². The van der Waals surface area contributed by atoms with Gasteiger partial charge in [-0.2, -0.15) is 13.2 Å². The first kappa shape index (κ1) is 18.2. The number of ether oxygens (including phenoxy) is 1. The van der Waals surface area contributed by atoms with E-state index in [0.29, 0.717) is 24.3 Å². The Labute approximate surface area is 148 Å². The molecule has 0 spiro atoms. The third-order valence-corrected chi connectivity index (χ3v) is 4.40. The van der Waals surface area contributed by atoms with Crippen molar-refractivity contribution >= 4 is 11.6 Å². The molecule has 5 nitrogen and oxygen atoms in total. The molecule has 0 unspecified atom stereocenters. The first-order chi connectivity index (χ1) is 12.4. The summed E-state index contributed by atoms with van der Waals surface area (Å²) in [5, 5.41) is 2.58. The predicted octanol–water partition coefficient (Wildman–Crippen LogP) is 4.58. The molecule has 1 aromatic heterocycles. The summed E-state index contributed by atoms with van der Waals surface area (Å²) in [6, 6.07) is 8.16. The zero-order valence-corrected chi connectivity index (χ0v) is 13.9. The van der Waals surface area contributed by atoms with Crippen LogP contribution in [0.4, 0.5) is 18.9 Å². The molecule has 2 atom stereocenters. The molecular formula is C18H18F3N3O2. The van der Waals surface area contributed by atoms with Crippen molar-refractivity contribution in [1.29, 1.82) is 0 Å². The second-order valence-electron chi connectivity index (χ2n) is 6.19. The minimum atomic E-state index is -4.35. The third kappa shape index (κ3) is 4.50. The fourth-order valence-electron chi connectivity index (χ4n) is 3.12. The average molecular weight is 365 g/mol. The number of benzene rings is 1. The number of rotatable bonds is 4. The highest BCUT2D eigenvalue weighted by Crippen LogP contribution is 2.41. The van der Waals surface area contributed by atoms with Gasteiger partial charge >= 0.3 is 12.2 Å². The average Bonchev–Trinajstić information content (AvgIpc) is 2.63. The number of halogens is 3. The van der Waals surface area contributed by atoms with Crippen molar-refractivity contribution in [2.24, 2.45) is 11.8 Å². The van der Waals surface area contributed by atoms with E-state index in [1.807, 2.05) is 0 Å². The van der Waals surface area contributed by atoms with Crippen LogP contribution >= 0.6 is 0 Å². The van der Waals surface area contributed by atoms with Gasteiger partial charge in [0.2, 0.25) is 5.91 Å². The summed E-state index contributed by atoms with van der Waals surface area (Å²) < 4.78 is 44.9. The van der Waals surface area contributed by atoms with E-state index in [1.54, 1.807) is 30.3 Å². The highest BCUT2D eigenvalue weighted by Gasteiger charge is 2.48. The van der Waals surface area contributed by atoms with Crippen molar-refractivity contribution in [2.75, 3.05) is 5.32 Å². The van der Waals surface area contributed by atoms with Crippen LogP contribution in [0.15, 0.2) is 42.7 Å². The van der Waals surface area contributed by atoms with Crippen molar-refractivity contribution in [3.8, 4) is 11.8 Å². The highest BCUT2D eigenvalue weighted by atomic mass is 19.4. The fraction of sp³-hybridized carbons (Fsp3) is 0.389. The molecule has 26 heavy (non-hydrogen) atoms. The van der Waals surface area contributed by atoms with Crippen LogP contribution in [0.2, 0.25) is 0 Å². The third-order valence-electron chi connectivity index (χ3n) is 4.40. The molecule has 1 aromatic carbocycles. The molecule has 0 bridgehead atoms. The molecule has 0 aliphatic heterocycles. The van der Waals surface area contributed by atoms with Crippen LogP contribution in [0, 0.1) is 11.8 Å². The molecular weight excluding hydrogens is 347 g/mol. The van der Waals surface area contributed by atoms with Gasteiger partial charge in [0.15, 0.2) is 0 Å². The number of hydrogen-bond donors (Lipinski definition) is 1. The number of carbonyl (C=O) groups is 1. The number of hydrogen-bond acceptors (Lipinski definition) is 4. The van der Waals surface area contributed by atoms with Crippen LogP contribution in [0.25, 0.3) is 0 Å². The minimum Gasteiger partial charge on any atom is -0.424 e. The fourth-order valence-corrected chi connectivity index (χ4v) is 3.12. The molecule has 138 valence electrons. The lowest BCUT2D eigenvalue weighted by molar-refractivity contribution is -0.197. The van der Waals surface area contributed by atoms with Crippen molar-refractivity contribution in [1.82, 2.24) is 9.97 Å². The summed E-state index contributed by atoms with van der Waals surface area (Å²) in [6.45, 7) is 0. The van der Waals surface area contributed by atoms with E-state index in [9.17, 15) is 18.0 Å². The van der Waals surface area contributed by atoms with Crippen molar-refractivity contribution in [2.45, 2.75) is 31.9 Å². The lowest BCUT2D eigenvalue weighted by Gasteiger charge is -2.31. The first-order valence-electron chi connectivity index (χ1n) is 8.36. The highest BCUT2D eigenvalue weighted by molar-refractivity contribution is 5.92. The monoisotopic (exact) mass is 365 g/mol. The second kappa shape index (κ2) is 7.72. The van der Waals surface area contributed by atoms with E-state index in [1.165, 1.54) is 12.4 Å². The van der Waals surface area contributed by atoms with Gasteiger partial charge in [0, 0.05) is 24.0 Å². The van der Waals surface area contributed by atoms with Crippen LogP contribution in [-0.2, 0) is 4.79 Å². The SMILES string of the molecule is O=C(Nc1ccc(Oc2ncccn2)cc1)[C@@H]1CCCC[C@H]1C(F)(F)F. The van der Waals surface area contributed by atoms with E-state index in [0.717, 1.165) is 0 Å². The van der Waals surface area contributed by atoms with E-state index < -0.39 is 23.9 Å². The van der Waals surface area contributed by atoms with Gasteiger partial charge in [0.05, 0.1) is 5.92 Å². The van der Waals surface area contributed by atoms with Crippen LogP contribution in [0.1, 0.15) is 25.7 Å². The topological polar surface area (TPSA) is 64.1 Å². The number of aromatic nitrogens is 2. The Balaban J connectivity index is 1.63. The molecule has 8 heteroatoms. The molecule has 0 radical (unpaired) electrons. The van der Waals surface area contributed by atoms with Crippen LogP contribution in [0.3, 0.4) is 0 Å². The van der Waals surface area contributed by atoms with Gasteiger partial charge in [-0.25, -0.2) is 9.97 Å². The van der Waals surface area contributed by atoms with Gasteiger partial charge in [-0.15, -0.1) is 0 Å². The molecule has 1 amide bonds. The Morgan fingerprint density at radius 2 is 1.73 bits per heavy atom. The summed E-state index contributed by atoms with van der Waals surface area (Å²) in [4.78, 5) is 20.2. The van der Waals surface area contributed by atoms with Gasteiger partial charge in [-0.3, -0.25) is 4.79 Å². The molecule has 3 rings (SSSR count). The number of nitrogens with one attached hydrogen (secondary N) is 1. The lowest BCUT2D eigenvalue weighted by Crippen LogP contribution is -2.39. The normalized spacial score (nSPS) is 20.4. The molecule has 1 saturated carbocycles. The Hall–Kier alpha value is -2.64. The van der Waals surface area contributed by atoms with Crippen LogP contribution < -0.4 is 10.1 Å². The number of nitrogens with zero attached hydrogens (tertiary/aromatic N) is 2.